The minimum Gasteiger partial charge on any atom is -0.478 e. The lowest BCUT2D eigenvalue weighted by molar-refractivity contribution is 0.318. The number of nitrogens with zero attached hydrogens (tertiary/aromatic N) is 2. The molecule has 0 aliphatic rings. The maximum Gasteiger partial charge on any atom is 0.217 e. The van der Waals surface area contributed by atoms with Crippen LogP contribution in [0.3, 0.4) is 0 Å². The van der Waals surface area contributed by atoms with Gasteiger partial charge in [0.15, 0.2) is 0 Å². The van der Waals surface area contributed by atoms with Gasteiger partial charge in [0.1, 0.15) is 0 Å². The van der Waals surface area contributed by atoms with E-state index in [0.29, 0.717) is 18.9 Å². The number of sulfonamides is 1. The molecule has 0 radical (unpaired) electrons. The van der Waals surface area contributed by atoms with Crippen molar-refractivity contribution in [2.75, 3.05) is 19.4 Å². The van der Waals surface area contributed by atoms with E-state index in [4.69, 9.17) is 4.74 Å². The molecule has 102 valence electrons. The van der Waals surface area contributed by atoms with Gasteiger partial charge in [0, 0.05) is 25.4 Å². The normalized spacial score (nSPS) is 11.8. The molecule has 0 bridgehead atoms. The summed E-state index contributed by atoms with van der Waals surface area (Å²) in [6.45, 7) is 4.51. The molecule has 0 saturated carbocycles. The smallest absolute Gasteiger partial charge is 0.217 e. The zero-order valence-electron chi connectivity index (χ0n) is 11.1. The van der Waals surface area contributed by atoms with Crippen LogP contribution in [0.25, 0.3) is 0 Å². The Balaban J connectivity index is 2.84. The van der Waals surface area contributed by atoms with Gasteiger partial charge in [0.05, 0.1) is 12.4 Å². The summed E-state index contributed by atoms with van der Waals surface area (Å²) in [5.41, 5.74) is 0.779. The zero-order valence-corrected chi connectivity index (χ0v) is 11.9. The number of ether oxygens (including phenoxy) is 1. The van der Waals surface area contributed by atoms with E-state index in [2.05, 4.69) is 4.98 Å². The summed E-state index contributed by atoms with van der Waals surface area (Å²) in [4.78, 5) is 4.11. The van der Waals surface area contributed by atoms with Crippen molar-refractivity contribution in [2.24, 2.45) is 0 Å². The fourth-order valence-electron chi connectivity index (χ4n) is 1.56. The Labute approximate surface area is 109 Å². The van der Waals surface area contributed by atoms with Gasteiger partial charge in [-0.25, -0.2) is 17.7 Å². The molecule has 18 heavy (non-hydrogen) atoms. The average Bonchev–Trinajstić information content (AvgIpc) is 2.32. The Hall–Kier alpha value is -1.14. The predicted octanol–water partition coefficient (Wildman–Crippen LogP) is 1.65. The molecular formula is C12H20N2O3S. The first-order valence-corrected chi connectivity index (χ1v) is 7.62. The molecule has 0 N–H and O–H groups in total. The summed E-state index contributed by atoms with van der Waals surface area (Å²) in [5, 5.41) is 0. The molecule has 0 saturated heterocycles. The highest BCUT2D eigenvalue weighted by atomic mass is 32.2. The van der Waals surface area contributed by atoms with Gasteiger partial charge in [-0.2, -0.15) is 0 Å². The van der Waals surface area contributed by atoms with Crippen molar-refractivity contribution >= 4 is 10.0 Å². The van der Waals surface area contributed by atoms with Crippen molar-refractivity contribution in [1.82, 2.24) is 9.29 Å². The third-order valence-electron chi connectivity index (χ3n) is 2.46. The standard InChI is InChI=1S/C12H20N2O3S/c1-4-9-18(15,16)14(3)10-11-7-6-8-13-12(11)17-5-2/h6-8H,4-5,9-10H2,1-3H3. The molecule has 0 amide bonds. The highest BCUT2D eigenvalue weighted by Crippen LogP contribution is 2.17. The van der Waals surface area contributed by atoms with E-state index >= 15 is 0 Å². The van der Waals surface area contributed by atoms with Gasteiger partial charge < -0.3 is 4.74 Å². The van der Waals surface area contributed by atoms with E-state index in [1.54, 1.807) is 19.3 Å². The fraction of sp³-hybridized carbons (Fsp3) is 0.583. The number of aromatic nitrogens is 1. The SMILES string of the molecule is CCCS(=O)(=O)N(C)Cc1cccnc1OCC. The van der Waals surface area contributed by atoms with E-state index < -0.39 is 10.0 Å². The van der Waals surface area contributed by atoms with E-state index in [0.717, 1.165) is 5.56 Å². The number of rotatable bonds is 7. The Morgan fingerprint density at radius 1 is 1.39 bits per heavy atom. The molecule has 1 rings (SSSR count). The van der Waals surface area contributed by atoms with Crippen LogP contribution < -0.4 is 4.74 Å². The lowest BCUT2D eigenvalue weighted by atomic mass is 10.3. The first-order chi connectivity index (χ1) is 8.51. The first-order valence-electron chi connectivity index (χ1n) is 6.02. The summed E-state index contributed by atoms with van der Waals surface area (Å²) in [7, 11) is -1.61. The monoisotopic (exact) mass is 272 g/mol. The molecule has 0 aliphatic heterocycles. The van der Waals surface area contributed by atoms with Crippen molar-refractivity contribution < 1.29 is 13.2 Å². The van der Waals surface area contributed by atoms with Crippen molar-refractivity contribution in [3.63, 3.8) is 0 Å². The molecule has 0 unspecified atom stereocenters. The van der Waals surface area contributed by atoms with Gasteiger partial charge in [0.2, 0.25) is 15.9 Å². The number of pyridine rings is 1. The minimum absolute atomic E-state index is 0.160. The van der Waals surface area contributed by atoms with Gasteiger partial charge in [0.25, 0.3) is 0 Å². The maximum atomic E-state index is 11.9. The van der Waals surface area contributed by atoms with E-state index in [1.165, 1.54) is 4.31 Å². The van der Waals surface area contributed by atoms with Crippen LogP contribution in [0.1, 0.15) is 25.8 Å². The second kappa shape index (κ2) is 6.70. The third kappa shape index (κ3) is 3.96. The first kappa shape index (κ1) is 14.9. The van der Waals surface area contributed by atoms with Crippen LogP contribution in [0.2, 0.25) is 0 Å². The number of hydrogen-bond donors (Lipinski definition) is 0. The second-order valence-corrected chi connectivity index (χ2v) is 6.17. The summed E-state index contributed by atoms with van der Waals surface area (Å²) >= 11 is 0. The quantitative estimate of drug-likeness (QED) is 0.757. The maximum absolute atomic E-state index is 11.9. The summed E-state index contributed by atoms with van der Waals surface area (Å²) in [6.07, 6.45) is 2.24. The number of hydrogen-bond acceptors (Lipinski definition) is 4. The van der Waals surface area contributed by atoms with Crippen molar-refractivity contribution in [1.29, 1.82) is 0 Å². The molecule has 0 aromatic carbocycles. The van der Waals surface area contributed by atoms with Crippen LogP contribution in [0.5, 0.6) is 5.88 Å². The molecule has 6 heteroatoms. The molecule has 0 aliphatic carbocycles. The van der Waals surface area contributed by atoms with Crippen molar-refractivity contribution in [3.8, 4) is 5.88 Å². The van der Waals surface area contributed by atoms with Crippen LogP contribution in [0, 0.1) is 0 Å². The lowest BCUT2D eigenvalue weighted by Gasteiger charge is -2.18. The third-order valence-corrected chi connectivity index (χ3v) is 4.46. The molecular weight excluding hydrogens is 252 g/mol. The molecule has 5 nitrogen and oxygen atoms in total. The molecule has 0 atom stereocenters. The van der Waals surface area contributed by atoms with Crippen molar-refractivity contribution in [2.45, 2.75) is 26.8 Å². The molecule has 1 aromatic heterocycles. The summed E-state index contributed by atoms with van der Waals surface area (Å²) in [5.74, 6) is 0.659. The van der Waals surface area contributed by atoms with Crippen LogP contribution in [0.15, 0.2) is 18.3 Å². The van der Waals surface area contributed by atoms with Gasteiger partial charge in [-0.1, -0.05) is 13.0 Å². The van der Waals surface area contributed by atoms with Crippen LogP contribution in [-0.2, 0) is 16.6 Å². The van der Waals surface area contributed by atoms with Crippen LogP contribution >= 0.6 is 0 Å². The molecule has 1 heterocycles. The fourth-order valence-corrected chi connectivity index (χ4v) is 2.73. The van der Waals surface area contributed by atoms with E-state index in [9.17, 15) is 8.42 Å². The Morgan fingerprint density at radius 3 is 2.72 bits per heavy atom. The molecule has 0 fully saturated rings. The topological polar surface area (TPSA) is 59.5 Å². The zero-order chi connectivity index (χ0) is 13.6. The second-order valence-electron chi connectivity index (χ2n) is 3.97. The molecule has 0 spiro atoms. The van der Waals surface area contributed by atoms with Crippen LogP contribution in [0.4, 0.5) is 0 Å². The van der Waals surface area contributed by atoms with E-state index in [1.807, 2.05) is 19.9 Å². The summed E-state index contributed by atoms with van der Waals surface area (Å²) in [6, 6.07) is 3.61. The van der Waals surface area contributed by atoms with Crippen molar-refractivity contribution in [3.05, 3.63) is 23.9 Å². The highest BCUT2D eigenvalue weighted by Gasteiger charge is 2.18. The Kier molecular flexibility index (Phi) is 5.55. The average molecular weight is 272 g/mol. The largest absolute Gasteiger partial charge is 0.478 e. The Bertz CT molecular complexity index is 474. The van der Waals surface area contributed by atoms with Gasteiger partial charge >= 0.3 is 0 Å². The van der Waals surface area contributed by atoms with Gasteiger partial charge in [-0.05, 0) is 19.4 Å². The lowest BCUT2D eigenvalue weighted by Crippen LogP contribution is -2.28. The van der Waals surface area contributed by atoms with Crippen LogP contribution in [-0.4, -0.2) is 37.1 Å². The predicted molar refractivity (Wildman–Crippen MR) is 71.0 cm³/mol. The molecule has 1 aromatic rings. The summed E-state index contributed by atoms with van der Waals surface area (Å²) < 4.78 is 30.5. The van der Waals surface area contributed by atoms with E-state index in [-0.39, 0.29) is 12.3 Å². The van der Waals surface area contributed by atoms with Gasteiger partial charge in [-0.15, -0.1) is 0 Å². The minimum atomic E-state index is -3.19. The van der Waals surface area contributed by atoms with Gasteiger partial charge in [-0.3, -0.25) is 0 Å². The Morgan fingerprint density at radius 2 is 2.11 bits per heavy atom. The highest BCUT2D eigenvalue weighted by molar-refractivity contribution is 7.89.